The van der Waals surface area contributed by atoms with Crippen molar-refractivity contribution in [2.24, 2.45) is 0 Å². The van der Waals surface area contributed by atoms with Crippen molar-refractivity contribution in [2.75, 3.05) is 0 Å². The number of aromatic nitrogens is 1. The molecule has 16 heavy (non-hydrogen) atoms. The first-order chi connectivity index (χ1) is 7.74. The molecule has 0 spiro atoms. The summed E-state index contributed by atoms with van der Waals surface area (Å²) in [6.07, 6.45) is 8.58. The fraction of sp³-hybridized carbons (Fsp3) is 0.615. The van der Waals surface area contributed by atoms with E-state index in [-0.39, 0.29) is 5.82 Å². The van der Waals surface area contributed by atoms with Crippen molar-refractivity contribution < 1.29 is 9.50 Å². The lowest BCUT2D eigenvalue weighted by Crippen LogP contribution is -1.99. The van der Waals surface area contributed by atoms with Crippen LogP contribution in [-0.4, -0.2) is 10.1 Å². The van der Waals surface area contributed by atoms with E-state index in [1.165, 1.54) is 31.5 Å². The van der Waals surface area contributed by atoms with E-state index < -0.39 is 6.10 Å². The molecule has 0 aliphatic rings. The van der Waals surface area contributed by atoms with Crippen LogP contribution < -0.4 is 0 Å². The molecule has 0 aliphatic carbocycles. The maximum atomic E-state index is 12.8. The van der Waals surface area contributed by atoms with Gasteiger partial charge in [-0.3, -0.25) is 4.98 Å². The monoisotopic (exact) mass is 225 g/mol. The zero-order valence-corrected chi connectivity index (χ0v) is 9.82. The van der Waals surface area contributed by atoms with Crippen LogP contribution in [0.25, 0.3) is 0 Å². The van der Waals surface area contributed by atoms with Crippen LogP contribution in [0.3, 0.4) is 0 Å². The summed E-state index contributed by atoms with van der Waals surface area (Å²) in [5, 5.41) is 9.79. The highest BCUT2D eigenvalue weighted by molar-refractivity contribution is 5.12. The van der Waals surface area contributed by atoms with E-state index >= 15 is 0 Å². The highest BCUT2D eigenvalue weighted by Crippen LogP contribution is 2.19. The number of pyridine rings is 1. The zero-order chi connectivity index (χ0) is 11.8. The van der Waals surface area contributed by atoms with Crippen LogP contribution in [-0.2, 0) is 0 Å². The Morgan fingerprint density at radius 1 is 1.25 bits per heavy atom. The number of aliphatic hydroxyl groups is 1. The lowest BCUT2D eigenvalue weighted by molar-refractivity contribution is 0.162. The summed E-state index contributed by atoms with van der Waals surface area (Å²) in [4.78, 5) is 3.73. The van der Waals surface area contributed by atoms with Gasteiger partial charge >= 0.3 is 0 Å². The average molecular weight is 225 g/mol. The first kappa shape index (κ1) is 13.1. The fourth-order valence-electron chi connectivity index (χ4n) is 1.72. The highest BCUT2D eigenvalue weighted by Gasteiger charge is 2.08. The largest absolute Gasteiger partial charge is 0.388 e. The molecular formula is C13H20FNO. The third kappa shape index (κ3) is 4.71. The minimum absolute atomic E-state index is 0.387. The van der Waals surface area contributed by atoms with E-state index in [1.807, 2.05) is 0 Å². The highest BCUT2D eigenvalue weighted by atomic mass is 19.1. The van der Waals surface area contributed by atoms with Gasteiger partial charge in [-0.2, -0.15) is 0 Å². The Kier molecular flexibility index (Phi) is 6.01. The van der Waals surface area contributed by atoms with Crippen molar-refractivity contribution in [1.82, 2.24) is 4.98 Å². The Hall–Kier alpha value is -0.960. The quantitative estimate of drug-likeness (QED) is 0.719. The third-order valence-corrected chi connectivity index (χ3v) is 2.69. The van der Waals surface area contributed by atoms with Crippen LogP contribution in [0.4, 0.5) is 4.39 Å². The predicted octanol–water partition coefficient (Wildman–Crippen LogP) is 3.61. The van der Waals surface area contributed by atoms with Gasteiger partial charge in [0.2, 0.25) is 0 Å². The van der Waals surface area contributed by atoms with Gasteiger partial charge in [-0.15, -0.1) is 0 Å². The second-order valence-electron chi connectivity index (χ2n) is 4.16. The summed E-state index contributed by atoms with van der Waals surface area (Å²) in [5.41, 5.74) is 0.579. The average Bonchev–Trinajstić information content (AvgIpc) is 2.28. The van der Waals surface area contributed by atoms with Gasteiger partial charge in [0.15, 0.2) is 0 Å². The predicted molar refractivity (Wildman–Crippen MR) is 62.5 cm³/mol. The van der Waals surface area contributed by atoms with E-state index in [4.69, 9.17) is 0 Å². The molecule has 1 heterocycles. The van der Waals surface area contributed by atoms with Gasteiger partial charge in [0.05, 0.1) is 12.3 Å². The molecule has 0 saturated carbocycles. The molecule has 0 saturated heterocycles. The lowest BCUT2D eigenvalue weighted by atomic mass is 10.0. The van der Waals surface area contributed by atoms with Gasteiger partial charge in [0, 0.05) is 11.8 Å². The molecule has 0 aliphatic heterocycles. The zero-order valence-electron chi connectivity index (χ0n) is 9.82. The third-order valence-electron chi connectivity index (χ3n) is 2.69. The number of halogens is 1. The maximum absolute atomic E-state index is 12.8. The molecule has 0 fully saturated rings. The number of hydrogen-bond donors (Lipinski definition) is 1. The molecule has 1 aromatic heterocycles. The van der Waals surface area contributed by atoms with Gasteiger partial charge in [0.25, 0.3) is 0 Å². The van der Waals surface area contributed by atoms with E-state index in [2.05, 4.69) is 11.9 Å². The van der Waals surface area contributed by atoms with Crippen LogP contribution in [0.2, 0.25) is 0 Å². The molecule has 0 amide bonds. The molecule has 1 N–H and O–H groups in total. The smallest absolute Gasteiger partial charge is 0.141 e. The normalized spacial score (nSPS) is 12.7. The fourth-order valence-corrected chi connectivity index (χ4v) is 1.72. The van der Waals surface area contributed by atoms with Gasteiger partial charge < -0.3 is 5.11 Å². The summed E-state index contributed by atoms with van der Waals surface area (Å²) >= 11 is 0. The Morgan fingerprint density at radius 3 is 2.69 bits per heavy atom. The van der Waals surface area contributed by atoms with Crippen molar-refractivity contribution in [3.8, 4) is 0 Å². The molecule has 1 aromatic rings. The topological polar surface area (TPSA) is 33.1 Å². The Morgan fingerprint density at radius 2 is 2.00 bits per heavy atom. The van der Waals surface area contributed by atoms with Crippen molar-refractivity contribution in [1.29, 1.82) is 0 Å². The Bertz CT molecular complexity index is 304. The summed E-state index contributed by atoms with van der Waals surface area (Å²) in [5.74, 6) is -0.387. The summed E-state index contributed by atoms with van der Waals surface area (Å²) in [7, 11) is 0. The van der Waals surface area contributed by atoms with E-state index in [0.717, 1.165) is 19.0 Å². The summed E-state index contributed by atoms with van der Waals surface area (Å²) in [6, 6.07) is 1.35. The number of rotatable bonds is 7. The molecule has 1 rings (SSSR count). The van der Waals surface area contributed by atoms with Gasteiger partial charge in [-0.05, 0) is 12.5 Å². The summed E-state index contributed by atoms with van der Waals surface area (Å²) in [6.45, 7) is 2.17. The van der Waals surface area contributed by atoms with E-state index in [9.17, 15) is 9.50 Å². The van der Waals surface area contributed by atoms with Gasteiger partial charge in [0.1, 0.15) is 5.82 Å². The molecule has 0 bridgehead atoms. The minimum Gasteiger partial charge on any atom is -0.388 e. The van der Waals surface area contributed by atoms with E-state index in [0.29, 0.717) is 12.0 Å². The molecule has 3 heteroatoms. The molecule has 0 aromatic carbocycles. The first-order valence-electron chi connectivity index (χ1n) is 6.02. The molecular weight excluding hydrogens is 205 g/mol. The van der Waals surface area contributed by atoms with Crippen LogP contribution >= 0.6 is 0 Å². The van der Waals surface area contributed by atoms with Crippen LogP contribution in [0.1, 0.15) is 57.1 Å². The van der Waals surface area contributed by atoms with Crippen molar-refractivity contribution in [3.63, 3.8) is 0 Å². The minimum atomic E-state index is -0.579. The van der Waals surface area contributed by atoms with Crippen LogP contribution in [0, 0.1) is 5.82 Å². The molecule has 2 nitrogen and oxygen atoms in total. The first-order valence-corrected chi connectivity index (χ1v) is 6.02. The number of unbranched alkanes of at least 4 members (excludes halogenated alkanes) is 4. The second-order valence-corrected chi connectivity index (χ2v) is 4.16. The van der Waals surface area contributed by atoms with Crippen molar-refractivity contribution in [3.05, 3.63) is 29.8 Å². The lowest BCUT2D eigenvalue weighted by Gasteiger charge is -2.10. The summed E-state index contributed by atoms with van der Waals surface area (Å²) < 4.78 is 12.8. The van der Waals surface area contributed by atoms with Gasteiger partial charge in [-0.1, -0.05) is 39.0 Å². The Balaban J connectivity index is 2.27. The van der Waals surface area contributed by atoms with Crippen LogP contribution in [0.5, 0.6) is 0 Å². The number of hydrogen-bond acceptors (Lipinski definition) is 2. The molecule has 90 valence electrons. The van der Waals surface area contributed by atoms with E-state index in [1.54, 1.807) is 0 Å². The second kappa shape index (κ2) is 7.34. The standard InChI is InChI=1S/C13H20FNO/c1-2-3-4-5-6-7-13(16)11-8-12(14)10-15-9-11/h8-10,13,16H,2-7H2,1H3. The molecule has 1 atom stereocenters. The van der Waals surface area contributed by atoms with Crippen molar-refractivity contribution >= 4 is 0 Å². The Labute approximate surface area is 96.5 Å². The maximum Gasteiger partial charge on any atom is 0.141 e. The molecule has 1 unspecified atom stereocenters. The van der Waals surface area contributed by atoms with Crippen LogP contribution in [0.15, 0.2) is 18.5 Å². The number of nitrogens with zero attached hydrogens (tertiary/aromatic N) is 1. The SMILES string of the molecule is CCCCCCCC(O)c1cncc(F)c1. The van der Waals surface area contributed by atoms with Gasteiger partial charge in [-0.25, -0.2) is 4.39 Å². The van der Waals surface area contributed by atoms with Crippen molar-refractivity contribution in [2.45, 2.75) is 51.6 Å². The number of aliphatic hydroxyl groups excluding tert-OH is 1. The molecule has 0 radical (unpaired) electrons.